The van der Waals surface area contributed by atoms with Crippen LogP contribution < -0.4 is 10.1 Å². The number of hydrogen-bond acceptors (Lipinski definition) is 4. The van der Waals surface area contributed by atoms with E-state index in [1.165, 1.54) is 4.88 Å². The van der Waals surface area contributed by atoms with Crippen LogP contribution in [0.5, 0.6) is 5.75 Å². The molecule has 1 unspecified atom stereocenters. The lowest BCUT2D eigenvalue weighted by molar-refractivity contribution is 0.308. The van der Waals surface area contributed by atoms with E-state index in [1.54, 1.807) is 17.5 Å². The van der Waals surface area contributed by atoms with E-state index in [0.717, 1.165) is 17.9 Å². The van der Waals surface area contributed by atoms with Crippen LogP contribution in [-0.4, -0.2) is 12.0 Å². The first-order chi connectivity index (χ1) is 8.83. The molecule has 0 spiro atoms. The lowest BCUT2D eigenvalue weighted by Crippen LogP contribution is -2.16. The quantitative estimate of drug-likeness (QED) is 0.866. The number of nitrogens with one attached hydrogen (secondary N) is 1. The Morgan fingerprint density at radius 3 is 2.83 bits per heavy atom. The summed E-state index contributed by atoms with van der Waals surface area (Å²) in [6.07, 6.45) is 2.82. The highest BCUT2D eigenvalue weighted by Gasteiger charge is 2.07. The van der Waals surface area contributed by atoms with Crippen LogP contribution in [0.3, 0.4) is 0 Å². The third-order valence-corrected chi connectivity index (χ3v) is 3.68. The molecule has 1 atom stereocenters. The summed E-state index contributed by atoms with van der Waals surface area (Å²) in [5.74, 6) is 0.818. The molecule has 0 aromatic carbocycles. The smallest absolute Gasteiger partial charge is 0.138 e. The highest BCUT2D eigenvalue weighted by molar-refractivity contribution is 7.09. The van der Waals surface area contributed by atoms with Gasteiger partial charge in [0.15, 0.2) is 0 Å². The fraction of sp³-hybridized carbons (Fsp3) is 0.357. The predicted molar refractivity (Wildman–Crippen MR) is 75.0 cm³/mol. The molecule has 2 aromatic rings. The first-order valence-electron chi connectivity index (χ1n) is 6.12. The van der Waals surface area contributed by atoms with E-state index in [2.05, 4.69) is 28.7 Å². The van der Waals surface area contributed by atoms with Crippen molar-refractivity contribution >= 4 is 11.3 Å². The van der Waals surface area contributed by atoms with Gasteiger partial charge < -0.3 is 10.1 Å². The van der Waals surface area contributed by atoms with Gasteiger partial charge >= 0.3 is 0 Å². The van der Waals surface area contributed by atoms with Crippen molar-refractivity contribution in [2.75, 3.05) is 7.05 Å². The summed E-state index contributed by atoms with van der Waals surface area (Å²) in [6.45, 7) is 2.76. The maximum absolute atomic E-state index is 5.68. The molecule has 96 valence electrons. The molecule has 2 aromatic heterocycles. The molecule has 0 radical (unpaired) electrons. The molecule has 0 fully saturated rings. The fourth-order valence-electron chi connectivity index (χ4n) is 1.79. The summed E-state index contributed by atoms with van der Waals surface area (Å²) >= 11 is 1.70. The van der Waals surface area contributed by atoms with E-state index in [9.17, 15) is 0 Å². The lowest BCUT2D eigenvalue weighted by atomic mass is 10.1. The Bertz CT molecular complexity index is 449. The van der Waals surface area contributed by atoms with Crippen molar-refractivity contribution in [2.24, 2.45) is 0 Å². The van der Waals surface area contributed by atoms with Gasteiger partial charge in [0.2, 0.25) is 0 Å². The van der Waals surface area contributed by atoms with Crippen LogP contribution in [0.15, 0.2) is 35.8 Å². The number of aromatic nitrogens is 1. The average molecular weight is 262 g/mol. The van der Waals surface area contributed by atoms with Crippen molar-refractivity contribution in [3.8, 4) is 5.75 Å². The Balaban J connectivity index is 1.95. The topological polar surface area (TPSA) is 34.1 Å². The van der Waals surface area contributed by atoms with Crippen molar-refractivity contribution in [2.45, 2.75) is 26.0 Å². The Kier molecular flexibility index (Phi) is 4.73. The molecule has 2 rings (SSSR count). The molecule has 4 heteroatoms. The van der Waals surface area contributed by atoms with Crippen LogP contribution in [0.1, 0.15) is 30.0 Å². The van der Waals surface area contributed by atoms with Gasteiger partial charge in [0.05, 0.1) is 11.9 Å². The summed E-state index contributed by atoms with van der Waals surface area (Å²) < 4.78 is 5.68. The minimum Gasteiger partial charge on any atom is -0.486 e. The average Bonchev–Trinajstić information content (AvgIpc) is 2.92. The molecule has 0 bridgehead atoms. The molecular formula is C14H18N2OS. The second-order valence-electron chi connectivity index (χ2n) is 4.04. The summed E-state index contributed by atoms with van der Waals surface area (Å²) in [7, 11) is 1.96. The van der Waals surface area contributed by atoms with Crippen LogP contribution >= 0.6 is 11.3 Å². The van der Waals surface area contributed by atoms with Gasteiger partial charge in [0.25, 0.3) is 0 Å². The molecule has 0 aliphatic carbocycles. The Morgan fingerprint density at radius 1 is 1.39 bits per heavy atom. The first-order valence-corrected chi connectivity index (χ1v) is 7.00. The Morgan fingerprint density at radius 2 is 2.28 bits per heavy atom. The van der Waals surface area contributed by atoms with E-state index >= 15 is 0 Å². The molecular weight excluding hydrogens is 244 g/mol. The second kappa shape index (κ2) is 6.52. The number of nitrogens with zero attached hydrogens (tertiary/aromatic N) is 1. The molecule has 18 heavy (non-hydrogen) atoms. The van der Waals surface area contributed by atoms with Gasteiger partial charge in [-0.2, -0.15) is 0 Å². The first kappa shape index (κ1) is 13.1. The van der Waals surface area contributed by atoms with E-state index in [-0.39, 0.29) is 0 Å². The van der Waals surface area contributed by atoms with Crippen molar-refractivity contribution in [3.63, 3.8) is 0 Å². The number of ether oxygens (including phenoxy) is 1. The van der Waals surface area contributed by atoms with E-state index in [0.29, 0.717) is 12.6 Å². The summed E-state index contributed by atoms with van der Waals surface area (Å²) in [6, 6.07) is 8.42. The van der Waals surface area contributed by atoms with Crippen LogP contribution in [0.4, 0.5) is 0 Å². The monoisotopic (exact) mass is 262 g/mol. The number of rotatable bonds is 6. The molecule has 0 aliphatic rings. The summed E-state index contributed by atoms with van der Waals surface area (Å²) in [5.41, 5.74) is 1.06. The molecule has 1 N–H and O–H groups in total. The molecule has 0 saturated heterocycles. The standard InChI is InChI=1S/C14H18N2OS/c1-3-13(15-2)14-7-6-11(9-16-14)17-10-12-5-4-8-18-12/h4-9,13,15H,3,10H2,1-2H3. The van der Waals surface area contributed by atoms with Crippen molar-refractivity contribution in [1.82, 2.24) is 10.3 Å². The van der Waals surface area contributed by atoms with E-state index < -0.39 is 0 Å². The van der Waals surface area contributed by atoms with Crippen LogP contribution in [0.25, 0.3) is 0 Å². The number of pyridine rings is 1. The fourth-order valence-corrected chi connectivity index (χ4v) is 2.41. The van der Waals surface area contributed by atoms with Crippen molar-refractivity contribution in [1.29, 1.82) is 0 Å². The van der Waals surface area contributed by atoms with Gasteiger partial charge in [-0.15, -0.1) is 11.3 Å². The highest BCUT2D eigenvalue weighted by Crippen LogP contribution is 2.18. The van der Waals surface area contributed by atoms with Gasteiger partial charge in [-0.1, -0.05) is 13.0 Å². The third-order valence-electron chi connectivity index (χ3n) is 2.83. The van der Waals surface area contributed by atoms with Gasteiger partial charge in [-0.05, 0) is 37.0 Å². The lowest BCUT2D eigenvalue weighted by Gasteiger charge is -2.13. The van der Waals surface area contributed by atoms with E-state index in [1.807, 2.05) is 25.2 Å². The third kappa shape index (κ3) is 3.31. The zero-order valence-electron chi connectivity index (χ0n) is 10.7. The minimum absolute atomic E-state index is 0.316. The maximum Gasteiger partial charge on any atom is 0.138 e. The van der Waals surface area contributed by atoms with Crippen LogP contribution in [-0.2, 0) is 6.61 Å². The number of thiophene rings is 1. The summed E-state index contributed by atoms with van der Waals surface area (Å²) in [5, 5.41) is 5.29. The minimum atomic E-state index is 0.316. The van der Waals surface area contributed by atoms with E-state index in [4.69, 9.17) is 4.74 Å². The SMILES string of the molecule is CCC(NC)c1ccc(OCc2cccs2)cn1. The van der Waals surface area contributed by atoms with Crippen LogP contribution in [0, 0.1) is 0 Å². The zero-order chi connectivity index (χ0) is 12.8. The Hall–Kier alpha value is -1.39. The zero-order valence-corrected chi connectivity index (χ0v) is 11.5. The van der Waals surface area contributed by atoms with Gasteiger partial charge in [0.1, 0.15) is 12.4 Å². The predicted octanol–water partition coefficient (Wildman–Crippen LogP) is 3.39. The molecule has 3 nitrogen and oxygen atoms in total. The second-order valence-corrected chi connectivity index (χ2v) is 5.07. The van der Waals surface area contributed by atoms with Crippen molar-refractivity contribution in [3.05, 3.63) is 46.4 Å². The summed E-state index contributed by atoms with van der Waals surface area (Å²) in [4.78, 5) is 5.66. The maximum atomic E-state index is 5.68. The van der Waals surface area contributed by atoms with Crippen molar-refractivity contribution < 1.29 is 4.74 Å². The molecule has 2 heterocycles. The van der Waals surface area contributed by atoms with Gasteiger partial charge in [-0.3, -0.25) is 4.98 Å². The largest absolute Gasteiger partial charge is 0.486 e. The molecule has 0 aliphatic heterocycles. The molecule has 0 saturated carbocycles. The number of hydrogen-bond donors (Lipinski definition) is 1. The normalized spacial score (nSPS) is 12.3. The highest BCUT2D eigenvalue weighted by atomic mass is 32.1. The molecule has 0 amide bonds. The Labute approximate surface area is 112 Å². The van der Waals surface area contributed by atoms with Gasteiger partial charge in [0, 0.05) is 10.9 Å². The van der Waals surface area contributed by atoms with Gasteiger partial charge in [-0.25, -0.2) is 0 Å². The van der Waals surface area contributed by atoms with Crippen LogP contribution in [0.2, 0.25) is 0 Å².